The fourth-order valence-electron chi connectivity index (χ4n) is 1.63. The molecule has 5 nitrogen and oxygen atoms in total. The molecule has 98 valence electrons. The quantitative estimate of drug-likeness (QED) is 0.441. The highest BCUT2D eigenvalue weighted by atomic mass is 16.6. The lowest BCUT2D eigenvalue weighted by atomic mass is 10.0. The summed E-state index contributed by atoms with van der Waals surface area (Å²) >= 11 is 0. The molecule has 0 spiro atoms. The summed E-state index contributed by atoms with van der Waals surface area (Å²) in [5, 5.41) is 10.9. The maximum absolute atomic E-state index is 11.3. The van der Waals surface area contributed by atoms with Crippen LogP contribution in [0.25, 0.3) is 0 Å². The van der Waals surface area contributed by atoms with Gasteiger partial charge in [-0.1, -0.05) is 29.8 Å². The minimum atomic E-state index is -0.924. The Morgan fingerprint density at radius 1 is 1.39 bits per heavy atom. The molecule has 0 aromatic heterocycles. The summed E-state index contributed by atoms with van der Waals surface area (Å²) in [5.74, 6) is -0.522. The summed E-state index contributed by atoms with van der Waals surface area (Å²) in [4.78, 5) is 21.8. The molecule has 0 aliphatic heterocycles. The highest BCUT2D eigenvalue weighted by molar-refractivity contribution is 5.69. The van der Waals surface area contributed by atoms with Gasteiger partial charge in [0.1, 0.15) is 6.42 Å². The molecule has 0 amide bonds. The lowest BCUT2D eigenvalue weighted by Gasteiger charge is -2.09. The van der Waals surface area contributed by atoms with Crippen molar-refractivity contribution in [3.63, 3.8) is 0 Å². The molecule has 0 radical (unpaired) electrons. The predicted molar refractivity (Wildman–Crippen MR) is 66.9 cm³/mol. The highest BCUT2D eigenvalue weighted by Crippen LogP contribution is 2.11. The summed E-state index contributed by atoms with van der Waals surface area (Å²) in [6, 6.07) is 6.56. The Morgan fingerprint density at radius 2 is 2.00 bits per heavy atom. The second-order valence-corrected chi connectivity index (χ2v) is 4.14. The Morgan fingerprint density at radius 3 is 2.50 bits per heavy atom. The molecule has 0 saturated carbocycles. The second-order valence-electron chi connectivity index (χ2n) is 4.14. The first-order valence-electron chi connectivity index (χ1n) is 5.87. The summed E-state index contributed by atoms with van der Waals surface area (Å²) in [6.07, 6.45) is 0.0564. The number of rotatable bonds is 6. The number of benzene rings is 1. The average molecular weight is 251 g/mol. The van der Waals surface area contributed by atoms with Crippen LogP contribution in [-0.2, 0) is 16.0 Å². The number of esters is 1. The first-order valence-corrected chi connectivity index (χ1v) is 5.87. The van der Waals surface area contributed by atoms with Crippen LogP contribution in [0.4, 0.5) is 0 Å². The van der Waals surface area contributed by atoms with E-state index in [0.29, 0.717) is 0 Å². The number of carbonyl (C=O) groups is 1. The van der Waals surface area contributed by atoms with Crippen LogP contribution in [0.1, 0.15) is 24.5 Å². The van der Waals surface area contributed by atoms with Crippen molar-refractivity contribution >= 4 is 5.97 Å². The van der Waals surface area contributed by atoms with E-state index in [9.17, 15) is 14.9 Å². The number of hydrogen-bond donors (Lipinski definition) is 0. The van der Waals surface area contributed by atoms with Gasteiger partial charge in [0.15, 0.2) is 0 Å². The monoisotopic (exact) mass is 251 g/mol. The molecule has 5 heteroatoms. The van der Waals surface area contributed by atoms with Crippen LogP contribution in [-0.4, -0.2) is 23.5 Å². The van der Waals surface area contributed by atoms with Crippen molar-refractivity contribution in [2.75, 3.05) is 6.61 Å². The van der Waals surface area contributed by atoms with E-state index in [2.05, 4.69) is 0 Å². The molecule has 1 atom stereocenters. The molecular formula is C13H17NO4. The zero-order chi connectivity index (χ0) is 13.5. The fourth-order valence-corrected chi connectivity index (χ4v) is 1.63. The molecule has 1 aromatic carbocycles. The smallest absolute Gasteiger partial charge is 0.312 e. The maximum Gasteiger partial charge on any atom is 0.312 e. The Kier molecular flexibility index (Phi) is 5.30. The second kappa shape index (κ2) is 6.74. The largest absolute Gasteiger partial charge is 0.466 e. The van der Waals surface area contributed by atoms with Gasteiger partial charge in [-0.05, 0) is 19.4 Å². The van der Waals surface area contributed by atoms with Crippen molar-refractivity contribution in [2.24, 2.45) is 0 Å². The zero-order valence-electron chi connectivity index (χ0n) is 10.6. The standard InChI is InChI=1S/C13H17NO4/c1-3-18-13(15)9-12(14(16)17)8-11-6-4-10(2)5-7-11/h4-7,12H,3,8-9H2,1-2H3. The predicted octanol–water partition coefficient (Wildman–Crippen LogP) is 2.14. The number of nitro groups is 1. The van der Waals surface area contributed by atoms with Gasteiger partial charge in [-0.15, -0.1) is 0 Å². The Balaban J connectivity index is 2.65. The Bertz CT molecular complexity index is 414. The third-order valence-electron chi connectivity index (χ3n) is 2.60. The van der Waals surface area contributed by atoms with Crippen molar-refractivity contribution in [3.8, 4) is 0 Å². The summed E-state index contributed by atoms with van der Waals surface area (Å²) < 4.78 is 4.74. The van der Waals surface area contributed by atoms with E-state index < -0.39 is 16.9 Å². The van der Waals surface area contributed by atoms with E-state index >= 15 is 0 Å². The molecule has 18 heavy (non-hydrogen) atoms. The van der Waals surface area contributed by atoms with E-state index in [-0.39, 0.29) is 19.4 Å². The van der Waals surface area contributed by atoms with Gasteiger partial charge in [0, 0.05) is 11.3 Å². The molecule has 0 aliphatic rings. The summed E-state index contributed by atoms with van der Waals surface area (Å²) in [7, 11) is 0. The van der Waals surface area contributed by atoms with E-state index in [1.165, 1.54) is 0 Å². The molecule has 0 heterocycles. The third kappa shape index (κ3) is 4.53. The SMILES string of the molecule is CCOC(=O)CC(Cc1ccc(C)cc1)[N+](=O)[O-]. The van der Waals surface area contributed by atoms with Crippen LogP contribution in [0.5, 0.6) is 0 Å². The average Bonchev–Trinajstić information content (AvgIpc) is 2.31. The van der Waals surface area contributed by atoms with Gasteiger partial charge < -0.3 is 4.74 Å². The van der Waals surface area contributed by atoms with Crippen LogP contribution in [0.3, 0.4) is 0 Å². The van der Waals surface area contributed by atoms with Crippen LogP contribution in [0.2, 0.25) is 0 Å². The van der Waals surface area contributed by atoms with Gasteiger partial charge >= 0.3 is 5.97 Å². The topological polar surface area (TPSA) is 69.4 Å². The van der Waals surface area contributed by atoms with Gasteiger partial charge in [-0.2, -0.15) is 0 Å². The molecule has 0 saturated heterocycles. The molecule has 0 fully saturated rings. The Hall–Kier alpha value is -1.91. The van der Waals surface area contributed by atoms with Crippen LogP contribution >= 0.6 is 0 Å². The van der Waals surface area contributed by atoms with E-state index in [4.69, 9.17) is 4.74 Å². The normalized spacial score (nSPS) is 11.9. The van der Waals surface area contributed by atoms with Crippen molar-refractivity contribution in [1.82, 2.24) is 0 Å². The third-order valence-corrected chi connectivity index (χ3v) is 2.60. The van der Waals surface area contributed by atoms with Crippen LogP contribution in [0, 0.1) is 17.0 Å². The minimum Gasteiger partial charge on any atom is -0.466 e. The van der Waals surface area contributed by atoms with Crippen molar-refractivity contribution in [2.45, 2.75) is 32.7 Å². The number of hydrogen-bond acceptors (Lipinski definition) is 4. The molecule has 0 bridgehead atoms. The van der Waals surface area contributed by atoms with Crippen LogP contribution < -0.4 is 0 Å². The van der Waals surface area contributed by atoms with Gasteiger partial charge in [0.05, 0.1) is 6.61 Å². The van der Waals surface area contributed by atoms with Crippen molar-refractivity contribution < 1.29 is 14.5 Å². The fraction of sp³-hybridized carbons (Fsp3) is 0.462. The lowest BCUT2D eigenvalue weighted by Crippen LogP contribution is -2.26. The van der Waals surface area contributed by atoms with E-state index in [0.717, 1.165) is 11.1 Å². The molecule has 1 unspecified atom stereocenters. The van der Waals surface area contributed by atoms with Crippen molar-refractivity contribution in [3.05, 3.63) is 45.5 Å². The molecule has 1 rings (SSSR count). The maximum atomic E-state index is 11.3. The zero-order valence-corrected chi connectivity index (χ0v) is 10.6. The van der Waals surface area contributed by atoms with Crippen molar-refractivity contribution in [1.29, 1.82) is 0 Å². The summed E-state index contributed by atoms with van der Waals surface area (Å²) in [6.45, 7) is 3.88. The van der Waals surface area contributed by atoms with E-state index in [1.807, 2.05) is 31.2 Å². The molecule has 1 aromatic rings. The Labute approximate surface area is 106 Å². The van der Waals surface area contributed by atoms with E-state index in [1.54, 1.807) is 6.92 Å². The highest BCUT2D eigenvalue weighted by Gasteiger charge is 2.25. The number of carbonyl (C=O) groups excluding carboxylic acids is 1. The molecule has 0 aliphatic carbocycles. The first kappa shape index (κ1) is 14.2. The minimum absolute atomic E-state index is 0.186. The lowest BCUT2D eigenvalue weighted by molar-refractivity contribution is -0.521. The van der Waals surface area contributed by atoms with Gasteiger partial charge in [0.25, 0.3) is 0 Å². The number of nitrogens with zero attached hydrogens (tertiary/aromatic N) is 1. The summed E-state index contributed by atoms with van der Waals surface area (Å²) in [5.41, 5.74) is 1.95. The molecule has 0 N–H and O–H groups in total. The first-order chi connectivity index (χ1) is 8.52. The molecular weight excluding hydrogens is 234 g/mol. The van der Waals surface area contributed by atoms with Gasteiger partial charge in [-0.3, -0.25) is 14.9 Å². The van der Waals surface area contributed by atoms with Gasteiger partial charge in [0.2, 0.25) is 6.04 Å². The number of aryl methyl sites for hydroxylation is 1. The number of ether oxygens (including phenoxy) is 1. The van der Waals surface area contributed by atoms with Gasteiger partial charge in [-0.25, -0.2) is 0 Å². The van der Waals surface area contributed by atoms with Crippen LogP contribution in [0.15, 0.2) is 24.3 Å².